The van der Waals surface area contributed by atoms with E-state index in [1.165, 1.54) is 18.4 Å². The Morgan fingerprint density at radius 3 is 2.67 bits per heavy atom. The number of fused-ring (bicyclic) bond motifs is 1. The Balaban J connectivity index is 2.00. The number of methoxy groups -OCH3 is 1. The van der Waals surface area contributed by atoms with Gasteiger partial charge in [0, 0.05) is 6.20 Å². The van der Waals surface area contributed by atoms with E-state index in [1.54, 1.807) is 12.4 Å². The van der Waals surface area contributed by atoms with Crippen molar-refractivity contribution in [2.75, 3.05) is 7.11 Å². The van der Waals surface area contributed by atoms with Crippen LogP contribution in [0.15, 0.2) is 36.7 Å². The topological polar surface area (TPSA) is 61.3 Å². The van der Waals surface area contributed by atoms with E-state index in [-0.39, 0.29) is 5.01 Å². The molecule has 0 bridgehead atoms. The molecule has 2 aromatic heterocycles. The third-order valence-corrected chi connectivity index (χ3v) is 3.85. The van der Waals surface area contributed by atoms with Gasteiger partial charge in [0.05, 0.1) is 18.0 Å². The number of aryl methyl sites for hydroxylation is 1. The molecular weight excluding hydrogens is 288 g/mol. The molecule has 0 saturated carbocycles. The van der Waals surface area contributed by atoms with E-state index in [1.807, 2.05) is 31.2 Å². The zero-order valence-corrected chi connectivity index (χ0v) is 12.3. The average Bonchev–Trinajstić information content (AvgIpc) is 2.94. The standard InChI is InChI=1S/C15H12N2O3S/c1-9-3-5-10(6-4-9)20-11-7-16-8-12-13(11)17-14(21-12)15(18)19-2/h3-8H,1-2H3. The van der Waals surface area contributed by atoms with E-state index >= 15 is 0 Å². The second-order valence-electron chi connectivity index (χ2n) is 4.41. The zero-order chi connectivity index (χ0) is 14.8. The van der Waals surface area contributed by atoms with Crippen molar-refractivity contribution >= 4 is 27.5 Å². The lowest BCUT2D eigenvalue weighted by Crippen LogP contribution is -1.99. The maximum absolute atomic E-state index is 11.6. The summed E-state index contributed by atoms with van der Waals surface area (Å²) in [6.07, 6.45) is 3.24. The first kappa shape index (κ1) is 13.5. The lowest BCUT2D eigenvalue weighted by atomic mass is 10.2. The van der Waals surface area contributed by atoms with Gasteiger partial charge in [0.1, 0.15) is 11.3 Å². The van der Waals surface area contributed by atoms with Gasteiger partial charge in [-0.1, -0.05) is 17.7 Å². The van der Waals surface area contributed by atoms with Gasteiger partial charge in [-0.05, 0) is 19.1 Å². The minimum absolute atomic E-state index is 0.286. The smallest absolute Gasteiger partial charge is 0.367 e. The molecular formula is C15H12N2O3S. The molecule has 0 amide bonds. The Bertz CT molecular complexity index is 796. The number of pyridine rings is 1. The SMILES string of the molecule is COC(=O)c1nc2c(Oc3ccc(C)cc3)cncc2s1. The Morgan fingerprint density at radius 2 is 1.95 bits per heavy atom. The van der Waals surface area contributed by atoms with Gasteiger partial charge in [0.2, 0.25) is 5.01 Å². The summed E-state index contributed by atoms with van der Waals surface area (Å²) in [5, 5.41) is 0.286. The molecule has 106 valence electrons. The van der Waals surface area contributed by atoms with Crippen LogP contribution in [-0.4, -0.2) is 23.0 Å². The highest BCUT2D eigenvalue weighted by Crippen LogP contribution is 2.32. The highest BCUT2D eigenvalue weighted by atomic mass is 32.1. The molecule has 0 aliphatic carbocycles. The first-order valence-electron chi connectivity index (χ1n) is 6.25. The van der Waals surface area contributed by atoms with E-state index in [9.17, 15) is 4.79 Å². The van der Waals surface area contributed by atoms with Crippen molar-refractivity contribution < 1.29 is 14.3 Å². The second kappa shape index (κ2) is 5.49. The van der Waals surface area contributed by atoms with Crippen LogP contribution < -0.4 is 4.74 Å². The molecule has 0 atom stereocenters. The lowest BCUT2D eigenvalue weighted by molar-refractivity contribution is 0.0600. The third kappa shape index (κ3) is 2.71. The van der Waals surface area contributed by atoms with E-state index < -0.39 is 5.97 Å². The highest BCUT2D eigenvalue weighted by Gasteiger charge is 2.16. The van der Waals surface area contributed by atoms with Gasteiger partial charge in [0.15, 0.2) is 5.75 Å². The quantitative estimate of drug-likeness (QED) is 0.692. The van der Waals surface area contributed by atoms with Crippen molar-refractivity contribution in [2.45, 2.75) is 6.92 Å². The summed E-state index contributed by atoms with van der Waals surface area (Å²) in [4.78, 5) is 19.9. The Kier molecular flexibility index (Phi) is 3.53. The molecule has 0 spiro atoms. The molecule has 21 heavy (non-hydrogen) atoms. The highest BCUT2D eigenvalue weighted by molar-refractivity contribution is 7.20. The fourth-order valence-electron chi connectivity index (χ4n) is 1.81. The molecule has 6 heteroatoms. The Hall–Kier alpha value is -2.47. The van der Waals surface area contributed by atoms with E-state index in [0.717, 1.165) is 10.3 Å². The number of esters is 1. The molecule has 1 aromatic carbocycles. The number of benzene rings is 1. The number of aromatic nitrogens is 2. The predicted molar refractivity (Wildman–Crippen MR) is 80.0 cm³/mol. The maximum Gasteiger partial charge on any atom is 0.367 e. The van der Waals surface area contributed by atoms with E-state index in [4.69, 9.17) is 4.74 Å². The molecule has 3 aromatic rings. The molecule has 3 rings (SSSR count). The molecule has 2 heterocycles. The van der Waals surface area contributed by atoms with Crippen LogP contribution in [-0.2, 0) is 4.74 Å². The molecule has 0 radical (unpaired) electrons. The van der Waals surface area contributed by atoms with Crippen LogP contribution in [0.2, 0.25) is 0 Å². The van der Waals surface area contributed by atoms with Crippen molar-refractivity contribution in [3.63, 3.8) is 0 Å². The van der Waals surface area contributed by atoms with E-state index in [2.05, 4.69) is 14.7 Å². The molecule has 5 nitrogen and oxygen atoms in total. The molecule has 0 aliphatic heterocycles. The van der Waals surface area contributed by atoms with Crippen molar-refractivity contribution in [3.8, 4) is 11.5 Å². The van der Waals surface area contributed by atoms with Crippen molar-refractivity contribution in [2.24, 2.45) is 0 Å². The summed E-state index contributed by atoms with van der Waals surface area (Å²) in [7, 11) is 1.33. The summed E-state index contributed by atoms with van der Waals surface area (Å²) < 4.78 is 11.3. The molecule has 0 N–H and O–H groups in total. The number of nitrogens with zero attached hydrogens (tertiary/aromatic N) is 2. The van der Waals surface area contributed by atoms with E-state index in [0.29, 0.717) is 17.0 Å². The summed E-state index contributed by atoms with van der Waals surface area (Å²) in [6.45, 7) is 2.01. The fraction of sp³-hybridized carbons (Fsp3) is 0.133. The van der Waals surface area contributed by atoms with Crippen LogP contribution in [0, 0.1) is 6.92 Å². The van der Waals surface area contributed by atoms with Crippen LogP contribution in [0.1, 0.15) is 15.4 Å². The monoisotopic (exact) mass is 300 g/mol. The summed E-state index contributed by atoms with van der Waals surface area (Å²) in [6, 6.07) is 7.68. The number of rotatable bonds is 3. The minimum Gasteiger partial charge on any atom is -0.464 e. The van der Waals surface area contributed by atoms with Crippen LogP contribution in [0.4, 0.5) is 0 Å². The summed E-state index contributed by atoms with van der Waals surface area (Å²) >= 11 is 1.23. The average molecular weight is 300 g/mol. The number of thiazole rings is 1. The van der Waals surface area contributed by atoms with Crippen LogP contribution in [0.5, 0.6) is 11.5 Å². The normalized spacial score (nSPS) is 10.6. The van der Waals surface area contributed by atoms with Gasteiger partial charge in [-0.15, -0.1) is 11.3 Å². The Morgan fingerprint density at radius 1 is 1.19 bits per heavy atom. The van der Waals surface area contributed by atoms with Crippen LogP contribution >= 0.6 is 11.3 Å². The summed E-state index contributed by atoms with van der Waals surface area (Å²) in [5.74, 6) is 0.753. The largest absolute Gasteiger partial charge is 0.464 e. The number of carbonyl (C=O) groups excluding carboxylic acids is 1. The van der Waals surface area contributed by atoms with Crippen molar-refractivity contribution in [3.05, 3.63) is 47.2 Å². The Labute approximate surface area is 125 Å². The van der Waals surface area contributed by atoms with Gasteiger partial charge in [-0.3, -0.25) is 4.98 Å². The first-order valence-corrected chi connectivity index (χ1v) is 7.06. The number of ether oxygens (including phenoxy) is 2. The number of hydrogen-bond donors (Lipinski definition) is 0. The maximum atomic E-state index is 11.6. The number of carbonyl (C=O) groups is 1. The van der Waals surface area contributed by atoms with Gasteiger partial charge < -0.3 is 9.47 Å². The van der Waals surface area contributed by atoms with Crippen LogP contribution in [0.3, 0.4) is 0 Å². The van der Waals surface area contributed by atoms with Crippen LogP contribution in [0.25, 0.3) is 10.2 Å². The third-order valence-electron chi connectivity index (χ3n) is 2.88. The summed E-state index contributed by atoms with van der Waals surface area (Å²) in [5.41, 5.74) is 1.76. The van der Waals surface area contributed by atoms with Gasteiger partial charge in [0.25, 0.3) is 0 Å². The lowest BCUT2D eigenvalue weighted by Gasteiger charge is -2.05. The van der Waals surface area contributed by atoms with Gasteiger partial charge in [-0.2, -0.15) is 0 Å². The molecule has 0 saturated heterocycles. The minimum atomic E-state index is -0.461. The van der Waals surface area contributed by atoms with Gasteiger partial charge >= 0.3 is 5.97 Å². The fourth-order valence-corrected chi connectivity index (χ4v) is 2.68. The zero-order valence-electron chi connectivity index (χ0n) is 11.5. The second-order valence-corrected chi connectivity index (χ2v) is 5.44. The number of hydrogen-bond acceptors (Lipinski definition) is 6. The molecule has 0 fully saturated rings. The molecule has 0 unspecified atom stereocenters. The molecule has 0 aliphatic rings. The van der Waals surface area contributed by atoms with Crippen molar-refractivity contribution in [1.82, 2.24) is 9.97 Å². The van der Waals surface area contributed by atoms with Gasteiger partial charge in [-0.25, -0.2) is 9.78 Å². The van der Waals surface area contributed by atoms with Crippen molar-refractivity contribution in [1.29, 1.82) is 0 Å². The first-order chi connectivity index (χ1) is 10.2. The predicted octanol–water partition coefficient (Wildman–Crippen LogP) is 3.58.